The van der Waals surface area contributed by atoms with Crippen LogP contribution in [-0.4, -0.2) is 11.2 Å². The molecule has 0 aliphatic rings. The van der Waals surface area contributed by atoms with Crippen molar-refractivity contribution in [3.05, 3.63) is 65.2 Å². The monoisotopic (exact) mass is 296 g/mol. The number of benzene rings is 2. The van der Waals surface area contributed by atoms with Gasteiger partial charge in [0.2, 0.25) is 0 Å². The highest BCUT2D eigenvalue weighted by molar-refractivity contribution is 8.10. The number of halogens is 3. The molecule has 0 atom stereocenters. The van der Waals surface area contributed by atoms with Crippen LogP contribution < -0.4 is 5.46 Å². The van der Waals surface area contributed by atoms with E-state index < -0.39 is 17.9 Å². The van der Waals surface area contributed by atoms with E-state index in [-0.39, 0.29) is 0 Å². The maximum Gasteiger partial charge on any atom is 0.416 e. The van der Waals surface area contributed by atoms with Crippen LogP contribution in [0.2, 0.25) is 0 Å². The molecular weight excluding hydrogens is 284 g/mol. The van der Waals surface area contributed by atoms with Gasteiger partial charge in [-0.25, -0.2) is 0 Å². The highest BCUT2D eigenvalue weighted by Crippen LogP contribution is 2.29. The number of hydrogen-bond donors (Lipinski definition) is 2. The molecule has 0 bridgehead atoms. The van der Waals surface area contributed by atoms with Gasteiger partial charge in [-0.15, -0.1) is 0 Å². The quantitative estimate of drug-likeness (QED) is 0.659. The molecule has 0 fully saturated rings. The Balaban J connectivity index is 2.10. The van der Waals surface area contributed by atoms with Gasteiger partial charge in [-0.3, -0.25) is 0 Å². The Kier molecular flexibility index (Phi) is 4.45. The third kappa shape index (κ3) is 3.80. The molecule has 0 aliphatic heterocycles. The Bertz CT molecular complexity index is 564. The lowest BCUT2D eigenvalue weighted by atomic mass is 9.86. The summed E-state index contributed by atoms with van der Waals surface area (Å²) >= 11 is 3.91. The smallest absolute Gasteiger partial charge is 0.416 e. The lowest BCUT2D eigenvalue weighted by Gasteiger charge is -2.08. The summed E-state index contributed by atoms with van der Waals surface area (Å²) in [6.07, 6.45) is -4.58. The minimum Gasteiger partial charge on any atom is -0.438 e. The van der Waals surface area contributed by atoms with E-state index in [2.05, 4.69) is 12.5 Å². The molecule has 2 rings (SSSR count). The van der Waals surface area contributed by atoms with Gasteiger partial charge in [-0.05, 0) is 35.1 Å². The van der Waals surface area contributed by atoms with E-state index >= 15 is 0 Å². The zero-order chi connectivity index (χ0) is 14.8. The summed E-state index contributed by atoms with van der Waals surface area (Å²) < 4.78 is 37.3. The fourth-order valence-electron chi connectivity index (χ4n) is 1.85. The third-order valence-corrected chi connectivity index (χ3v) is 3.27. The Labute approximate surface area is 120 Å². The molecule has 1 nitrogen and oxygen atoms in total. The Morgan fingerprint density at radius 3 is 1.75 bits per heavy atom. The molecule has 0 unspecified atom stereocenters. The molecule has 0 amide bonds. The van der Waals surface area contributed by atoms with Gasteiger partial charge in [-0.2, -0.15) is 25.7 Å². The van der Waals surface area contributed by atoms with E-state index in [0.29, 0.717) is 11.9 Å². The van der Waals surface area contributed by atoms with Gasteiger partial charge in [0.05, 0.1) is 5.56 Å². The number of rotatable bonds is 3. The molecule has 0 aliphatic carbocycles. The predicted molar refractivity (Wildman–Crippen MR) is 77.3 cm³/mol. The number of alkyl halides is 3. The van der Waals surface area contributed by atoms with E-state index in [9.17, 15) is 18.2 Å². The summed E-state index contributed by atoms with van der Waals surface area (Å²) in [5, 5.41) is 9.27. The fraction of sp³-hybridized carbons (Fsp3) is 0.143. The first-order valence-corrected chi connectivity index (χ1v) is 6.49. The van der Waals surface area contributed by atoms with Crippen LogP contribution in [0.3, 0.4) is 0 Å². The van der Waals surface area contributed by atoms with Crippen molar-refractivity contribution in [3.8, 4) is 0 Å². The van der Waals surface area contributed by atoms with Crippen LogP contribution in [0, 0.1) is 0 Å². The zero-order valence-electron chi connectivity index (χ0n) is 10.4. The SMILES string of the molecule is OB(S)c1ccc(Cc2ccc(C(F)(F)F)cc2)cc1. The number of hydrogen-bond acceptors (Lipinski definition) is 2. The van der Waals surface area contributed by atoms with Gasteiger partial charge < -0.3 is 5.02 Å². The van der Waals surface area contributed by atoms with E-state index in [1.807, 2.05) is 12.1 Å². The lowest BCUT2D eigenvalue weighted by molar-refractivity contribution is -0.137. The van der Waals surface area contributed by atoms with Crippen molar-refractivity contribution in [2.75, 3.05) is 0 Å². The van der Waals surface area contributed by atoms with Gasteiger partial charge in [0, 0.05) is 0 Å². The molecule has 0 aromatic heterocycles. The molecule has 0 saturated carbocycles. The molecule has 0 heterocycles. The maximum atomic E-state index is 12.4. The molecule has 0 saturated heterocycles. The summed E-state index contributed by atoms with van der Waals surface area (Å²) in [5.41, 5.74) is 1.80. The van der Waals surface area contributed by atoms with Crippen molar-refractivity contribution in [3.63, 3.8) is 0 Å². The summed E-state index contributed by atoms with van der Waals surface area (Å²) in [6.45, 7) is 0. The standard InChI is InChI=1S/C14H12BF3OS/c16-14(17,18)12-5-1-10(2-6-12)9-11-3-7-13(8-4-11)15(19)20/h1-8,19-20H,9H2. The van der Waals surface area contributed by atoms with Crippen molar-refractivity contribution in [1.82, 2.24) is 0 Å². The first kappa shape index (κ1) is 15.0. The number of thiol groups is 1. The summed E-state index contributed by atoms with van der Waals surface area (Å²) in [5.74, 6) is 0. The minimum atomic E-state index is -4.30. The van der Waals surface area contributed by atoms with Crippen molar-refractivity contribution >= 4 is 24.1 Å². The Morgan fingerprint density at radius 1 is 0.900 bits per heavy atom. The van der Waals surface area contributed by atoms with Crippen molar-refractivity contribution in [2.45, 2.75) is 12.6 Å². The van der Waals surface area contributed by atoms with E-state index in [1.54, 1.807) is 12.1 Å². The van der Waals surface area contributed by atoms with Gasteiger partial charge in [0.1, 0.15) is 0 Å². The molecule has 1 N–H and O–H groups in total. The normalized spacial score (nSPS) is 11.4. The van der Waals surface area contributed by atoms with Crippen molar-refractivity contribution in [1.29, 1.82) is 0 Å². The van der Waals surface area contributed by atoms with Crippen molar-refractivity contribution < 1.29 is 18.2 Å². The molecule has 2 aromatic carbocycles. The molecule has 20 heavy (non-hydrogen) atoms. The second-order valence-corrected chi connectivity index (χ2v) is 4.98. The highest BCUT2D eigenvalue weighted by Gasteiger charge is 2.29. The lowest BCUT2D eigenvalue weighted by Crippen LogP contribution is -2.23. The molecule has 0 radical (unpaired) electrons. The molecule has 104 valence electrons. The predicted octanol–water partition coefficient (Wildman–Crippen LogP) is 2.91. The first-order valence-electron chi connectivity index (χ1n) is 5.97. The summed E-state index contributed by atoms with van der Waals surface area (Å²) in [6, 6.07) is 12.3. The van der Waals surface area contributed by atoms with Crippen LogP contribution in [0.4, 0.5) is 13.2 Å². The molecule has 0 spiro atoms. The van der Waals surface area contributed by atoms with Crippen LogP contribution in [0.5, 0.6) is 0 Å². The van der Waals surface area contributed by atoms with Crippen LogP contribution in [0.15, 0.2) is 48.5 Å². The second kappa shape index (κ2) is 5.93. The van der Waals surface area contributed by atoms with E-state index in [4.69, 9.17) is 0 Å². The zero-order valence-corrected chi connectivity index (χ0v) is 11.3. The fourth-order valence-corrected chi connectivity index (χ4v) is 2.03. The van der Waals surface area contributed by atoms with E-state index in [0.717, 1.165) is 23.3 Å². The second-order valence-electron chi connectivity index (χ2n) is 4.49. The Hall–Kier alpha value is -1.40. The average Bonchev–Trinajstić information content (AvgIpc) is 2.39. The molecular formula is C14H12BF3OS. The van der Waals surface area contributed by atoms with Crippen LogP contribution >= 0.6 is 12.5 Å². The van der Waals surface area contributed by atoms with Crippen LogP contribution in [-0.2, 0) is 12.6 Å². The van der Waals surface area contributed by atoms with E-state index in [1.165, 1.54) is 12.1 Å². The van der Waals surface area contributed by atoms with Gasteiger partial charge >= 0.3 is 12.4 Å². The summed E-state index contributed by atoms with van der Waals surface area (Å²) in [7, 11) is 0. The topological polar surface area (TPSA) is 20.2 Å². The largest absolute Gasteiger partial charge is 0.438 e. The third-order valence-electron chi connectivity index (χ3n) is 2.97. The molecule has 2 aromatic rings. The first-order chi connectivity index (χ1) is 9.36. The molecule has 6 heteroatoms. The maximum absolute atomic E-state index is 12.4. The highest BCUT2D eigenvalue weighted by atomic mass is 32.1. The summed E-state index contributed by atoms with van der Waals surface area (Å²) in [4.78, 5) is 0. The van der Waals surface area contributed by atoms with Gasteiger partial charge in [0.25, 0.3) is 0 Å². The van der Waals surface area contributed by atoms with Gasteiger partial charge in [0.15, 0.2) is 0 Å². The Morgan fingerprint density at radius 2 is 1.35 bits per heavy atom. The van der Waals surface area contributed by atoms with Crippen LogP contribution in [0.25, 0.3) is 0 Å². The minimum absolute atomic E-state index is 0.543. The van der Waals surface area contributed by atoms with Crippen molar-refractivity contribution in [2.24, 2.45) is 0 Å². The van der Waals surface area contributed by atoms with Crippen LogP contribution in [0.1, 0.15) is 16.7 Å². The average molecular weight is 296 g/mol. The van der Waals surface area contributed by atoms with Gasteiger partial charge in [-0.1, -0.05) is 36.4 Å².